The van der Waals surface area contributed by atoms with Crippen molar-refractivity contribution in [3.63, 3.8) is 0 Å². The highest BCUT2D eigenvalue weighted by molar-refractivity contribution is 6.12. The predicted molar refractivity (Wildman–Crippen MR) is 97.4 cm³/mol. The van der Waals surface area contributed by atoms with Crippen molar-refractivity contribution in [2.75, 3.05) is 5.32 Å². The SMILES string of the molecule is Cc1ccccc1NC(=O)c1cc(=O)oc2cc(OC(C)C)ccc12. The van der Waals surface area contributed by atoms with Crippen molar-refractivity contribution in [3.8, 4) is 5.75 Å². The fraction of sp³-hybridized carbons (Fsp3) is 0.200. The molecule has 0 spiro atoms. The average Bonchev–Trinajstić information content (AvgIpc) is 2.55. The van der Waals surface area contributed by atoms with Gasteiger partial charge in [0.05, 0.1) is 11.7 Å². The van der Waals surface area contributed by atoms with E-state index in [1.165, 1.54) is 6.07 Å². The Balaban J connectivity index is 2.02. The summed E-state index contributed by atoms with van der Waals surface area (Å²) in [6.45, 7) is 5.72. The van der Waals surface area contributed by atoms with Crippen LogP contribution in [0.1, 0.15) is 29.8 Å². The standard InChI is InChI=1S/C20H19NO4/c1-12(2)24-14-8-9-15-16(11-19(22)25-18(15)10-14)20(23)21-17-7-5-4-6-13(17)3/h4-12H,1-3H3,(H,21,23). The Kier molecular flexibility index (Phi) is 4.57. The lowest BCUT2D eigenvalue weighted by molar-refractivity contribution is 0.102. The number of nitrogens with one attached hydrogen (secondary N) is 1. The van der Waals surface area contributed by atoms with Crippen molar-refractivity contribution in [2.45, 2.75) is 26.9 Å². The lowest BCUT2D eigenvalue weighted by Crippen LogP contribution is -2.16. The van der Waals surface area contributed by atoms with E-state index in [4.69, 9.17) is 9.15 Å². The zero-order chi connectivity index (χ0) is 18.0. The number of ether oxygens (including phenoxy) is 1. The van der Waals surface area contributed by atoms with Crippen molar-refractivity contribution in [2.24, 2.45) is 0 Å². The summed E-state index contributed by atoms with van der Waals surface area (Å²) in [7, 11) is 0. The molecule has 0 atom stereocenters. The maximum atomic E-state index is 12.7. The van der Waals surface area contributed by atoms with Gasteiger partial charge in [-0.2, -0.15) is 0 Å². The number of benzene rings is 2. The van der Waals surface area contributed by atoms with E-state index in [0.29, 0.717) is 22.4 Å². The Morgan fingerprint density at radius 1 is 1.12 bits per heavy atom. The molecule has 5 heteroatoms. The molecule has 0 saturated heterocycles. The molecule has 0 aliphatic carbocycles. The molecule has 0 fully saturated rings. The number of aryl methyl sites for hydroxylation is 1. The van der Waals surface area contributed by atoms with Gasteiger partial charge < -0.3 is 14.5 Å². The van der Waals surface area contributed by atoms with Crippen LogP contribution >= 0.6 is 0 Å². The molecular formula is C20H19NO4. The van der Waals surface area contributed by atoms with E-state index in [9.17, 15) is 9.59 Å². The molecule has 0 saturated carbocycles. The highest BCUT2D eigenvalue weighted by Gasteiger charge is 2.15. The van der Waals surface area contributed by atoms with Gasteiger partial charge in [-0.05, 0) is 44.5 Å². The van der Waals surface area contributed by atoms with Crippen molar-refractivity contribution in [1.82, 2.24) is 0 Å². The van der Waals surface area contributed by atoms with Crippen molar-refractivity contribution >= 4 is 22.6 Å². The zero-order valence-corrected chi connectivity index (χ0v) is 14.3. The largest absolute Gasteiger partial charge is 0.491 e. The monoisotopic (exact) mass is 337 g/mol. The van der Waals surface area contributed by atoms with E-state index >= 15 is 0 Å². The highest BCUT2D eigenvalue weighted by atomic mass is 16.5. The zero-order valence-electron chi connectivity index (χ0n) is 14.3. The van der Waals surface area contributed by atoms with Crippen LogP contribution in [0.25, 0.3) is 11.0 Å². The van der Waals surface area contributed by atoms with Gasteiger partial charge in [0.2, 0.25) is 0 Å². The van der Waals surface area contributed by atoms with Gasteiger partial charge in [0.1, 0.15) is 11.3 Å². The van der Waals surface area contributed by atoms with Crippen LogP contribution in [0, 0.1) is 6.92 Å². The maximum Gasteiger partial charge on any atom is 0.337 e. The van der Waals surface area contributed by atoms with Crippen LogP contribution in [-0.4, -0.2) is 12.0 Å². The van der Waals surface area contributed by atoms with Crippen LogP contribution < -0.4 is 15.7 Å². The summed E-state index contributed by atoms with van der Waals surface area (Å²) in [5.41, 5.74) is 1.65. The van der Waals surface area contributed by atoms with E-state index < -0.39 is 5.63 Å². The van der Waals surface area contributed by atoms with E-state index in [2.05, 4.69) is 5.32 Å². The number of rotatable bonds is 4. The second kappa shape index (κ2) is 6.81. The molecule has 5 nitrogen and oxygen atoms in total. The summed E-state index contributed by atoms with van der Waals surface area (Å²) < 4.78 is 10.8. The molecule has 0 aliphatic rings. The van der Waals surface area contributed by atoms with Crippen molar-refractivity contribution in [3.05, 3.63) is 70.1 Å². The fourth-order valence-corrected chi connectivity index (χ4v) is 2.58. The molecule has 0 bridgehead atoms. The minimum absolute atomic E-state index is 0.00305. The Morgan fingerprint density at radius 3 is 2.60 bits per heavy atom. The van der Waals surface area contributed by atoms with Gasteiger partial charge >= 0.3 is 5.63 Å². The maximum absolute atomic E-state index is 12.7. The summed E-state index contributed by atoms with van der Waals surface area (Å²) >= 11 is 0. The summed E-state index contributed by atoms with van der Waals surface area (Å²) in [6.07, 6.45) is -0.00305. The molecule has 1 amide bonds. The predicted octanol–water partition coefficient (Wildman–Crippen LogP) is 4.14. The smallest absolute Gasteiger partial charge is 0.337 e. The van der Waals surface area contributed by atoms with Crippen LogP contribution in [0.5, 0.6) is 5.75 Å². The second-order valence-electron chi connectivity index (χ2n) is 6.07. The number of hydrogen-bond donors (Lipinski definition) is 1. The van der Waals surface area contributed by atoms with Gasteiger partial charge in [0.25, 0.3) is 5.91 Å². The molecule has 25 heavy (non-hydrogen) atoms. The van der Waals surface area contributed by atoms with Gasteiger partial charge in [-0.15, -0.1) is 0 Å². The molecule has 1 N–H and O–H groups in total. The topological polar surface area (TPSA) is 68.5 Å². The minimum atomic E-state index is -0.580. The Bertz CT molecular complexity index is 988. The third-order valence-corrected chi connectivity index (χ3v) is 3.73. The molecule has 0 aliphatic heterocycles. The Hall–Kier alpha value is -3.08. The first kappa shape index (κ1) is 16.8. The number of carbonyl (C=O) groups is 1. The summed E-state index contributed by atoms with van der Waals surface area (Å²) in [6, 6.07) is 13.8. The lowest BCUT2D eigenvalue weighted by atomic mass is 10.1. The Labute approximate surface area is 145 Å². The van der Waals surface area contributed by atoms with Crippen LogP contribution in [0.3, 0.4) is 0 Å². The van der Waals surface area contributed by atoms with Crippen LogP contribution in [0.4, 0.5) is 5.69 Å². The average molecular weight is 337 g/mol. The molecule has 0 radical (unpaired) electrons. The van der Waals surface area contributed by atoms with E-state index in [0.717, 1.165) is 5.56 Å². The summed E-state index contributed by atoms with van der Waals surface area (Å²) in [5, 5.41) is 3.40. The molecular weight excluding hydrogens is 318 g/mol. The van der Waals surface area contributed by atoms with Crippen LogP contribution in [-0.2, 0) is 0 Å². The van der Waals surface area contributed by atoms with Crippen LogP contribution in [0.15, 0.2) is 57.7 Å². The first-order valence-electron chi connectivity index (χ1n) is 8.05. The van der Waals surface area contributed by atoms with Gasteiger partial charge in [-0.3, -0.25) is 4.79 Å². The normalized spacial score (nSPS) is 10.9. The molecule has 0 unspecified atom stereocenters. The molecule has 2 aromatic carbocycles. The minimum Gasteiger partial charge on any atom is -0.491 e. The van der Waals surface area contributed by atoms with Crippen LogP contribution in [0.2, 0.25) is 0 Å². The number of carbonyl (C=O) groups excluding carboxylic acids is 1. The molecule has 3 aromatic rings. The summed E-state index contributed by atoms with van der Waals surface area (Å²) in [4.78, 5) is 24.5. The lowest BCUT2D eigenvalue weighted by Gasteiger charge is -2.12. The first-order chi connectivity index (χ1) is 11.9. The van der Waals surface area contributed by atoms with Crippen molar-refractivity contribution in [1.29, 1.82) is 0 Å². The number of fused-ring (bicyclic) bond motifs is 1. The van der Waals surface area contributed by atoms with E-state index in [1.807, 2.05) is 45.0 Å². The van der Waals surface area contributed by atoms with Gasteiger partial charge in [0.15, 0.2) is 0 Å². The van der Waals surface area contributed by atoms with Gasteiger partial charge in [-0.25, -0.2) is 4.79 Å². The number of hydrogen-bond acceptors (Lipinski definition) is 4. The first-order valence-corrected chi connectivity index (χ1v) is 8.05. The molecule has 1 heterocycles. The number of anilines is 1. The second-order valence-corrected chi connectivity index (χ2v) is 6.07. The van der Waals surface area contributed by atoms with Gasteiger partial charge in [0, 0.05) is 23.2 Å². The Morgan fingerprint density at radius 2 is 1.88 bits per heavy atom. The van der Waals surface area contributed by atoms with E-state index in [1.54, 1.807) is 18.2 Å². The molecule has 128 valence electrons. The number of para-hydroxylation sites is 1. The van der Waals surface area contributed by atoms with Crippen molar-refractivity contribution < 1.29 is 13.9 Å². The number of amides is 1. The molecule has 3 rings (SSSR count). The summed E-state index contributed by atoms with van der Waals surface area (Å²) in [5.74, 6) is 0.229. The molecule has 1 aromatic heterocycles. The fourth-order valence-electron chi connectivity index (χ4n) is 2.58. The third-order valence-electron chi connectivity index (χ3n) is 3.73. The highest BCUT2D eigenvalue weighted by Crippen LogP contribution is 2.24. The van der Waals surface area contributed by atoms with Gasteiger partial charge in [-0.1, -0.05) is 18.2 Å². The third kappa shape index (κ3) is 3.71. The quantitative estimate of drug-likeness (QED) is 0.727. The van der Waals surface area contributed by atoms with E-state index in [-0.39, 0.29) is 17.6 Å².